The number of carboxylic acids is 1. The van der Waals surface area contributed by atoms with Gasteiger partial charge in [0.15, 0.2) is 0 Å². The topological polar surface area (TPSA) is 91.9 Å². The van der Waals surface area contributed by atoms with Gasteiger partial charge in [0, 0.05) is 0 Å². The molecule has 8 heteroatoms. The summed E-state index contributed by atoms with van der Waals surface area (Å²) in [5.74, 6) is -2.83. The van der Waals surface area contributed by atoms with Crippen molar-refractivity contribution in [2.75, 3.05) is 0 Å². The summed E-state index contributed by atoms with van der Waals surface area (Å²) >= 11 is 0. The van der Waals surface area contributed by atoms with Gasteiger partial charge < -0.3 is 14.3 Å². The minimum atomic E-state index is -1.57. The number of hydrogen-bond acceptors (Lipinski definition) is 6. The standard InChI is InChI=1S/C8H4FN3O3.K/c9-4-1-2-5(10-3-4)6-11-12-7(15-6)8(13)14;/h1-3H,(H,13,14);/q;+1/p-1. The van der Waals surface area contributed by atoms with Crippen LogP contribution in [-0.2, 0) is 0 Å². The van der Waals surface area contributed by atoms with Gasteiger partial charge in [0.05, 0.1) is 6.20 Å². The third-order valence-corrected chi connectivity index (χ3v) is 1.55. The minimum absolute atomic E-state index is 0. The van der Waals surface area contributed by atoms with Gasteiger partial charge in [-0.25, -0.2) is 9.37 Å². The maximum Gasteiger partial charge on any atom is 1.00 e. The maximum absolute atomic E-state index is 12.5. The van der Waals surface area contributed by atoms with Gasteiger partial charge >= 0.3 is 51.4 Å². The summed E-state index contributed by atoms with van der Waals surface area (Å²) in [6.45, 7) is 0. The Bertz CT molecular complexity index is 499. The van der Waals surface area contributed by atoms with Crippen molar-refractivity contribution in [1.82, 2.24) is 15.2 Å². The fraction of sp³-hybridized carbons (Fsp3) is 0. The van der Waals surface area contributed by atoms with E-state index in [-0.39, 0.29) is 63.0 Å². The van der Waals surface area contributed by atoms with Gasteiger partial charge in [0.1, 0.15) is 17.5 Å². The molecule has 16 heavy (non-hydrogen) atoms. The molecule has 0 aliphatic heterocycles. The monoisotopic (exact) mass is 247 g/mol. The van der Waals surface area contributed by atoms with E-state index >= 15 is 0 Å². The van der Waals surface area contributed by atoms with Crippen molar-refractivity contribution in [2.24, 2.45) is 0 Å². The van der Waals surface area contributed by atoms with Crippen LogP contribution in [0.2, 0.25) is 0 Å². The van der Waals surface area contributed by atoms with Gasteiger partial charge in [-0.1, -0.05) is 0 Å². The van der Waals surface area contributed by atoms with Crippen molar-refractivity contribution < 1.29 is 70.1 Å². The first kappa shape index (κ1) is 13.4. The van der Waals surface area contributed by atoms with Crippen molar-refractivity contribution in [3.05, 3.63) is 30.0 Å². The van der Waals surface area contributed by atoms with E-state index < -0.39 is 17.7 Å². The predicted octanol–water partition coefficient (Wildman–Crippen LogP) is -3.36. The first-order chi connectivity index (χ1) is 7.16. The molecule has 0 saturated heterocycles. The summed E-state index contributed by atoms with van der Waals surface area (Å²) in [6.07, 6.45) is 0.957. The van der Waals surface area contributed by atoms with E-state index in [1.165, 1.54) is 6.07 Å². The summed E-state index contributed by atoms with van der Waals surface area (Å²) in [5.41, 5.74) is 0.191. The molecule has 0 spiro atoms. The Hall–Kier alpha value is -0.674. The summed E-state index contributed by atoms with van der Waals surface area (Å²) in [4.78, 5) is 13.9. The van der Waals surface area contributed by atoms with Crippen LogP contribution in [0.5, 0.6) is 0 Å². The first-order valence-electron chi connectivity index (χ1n) is 3.83. The molecular formula is C8H3FKN3O3. The number of halogens is 1. The summed E-state index contributed by atoms with van der Waals surface area (Å²) < 4.78 is 17.2. The molecule has 2 heterocycles. The van der Waals surface area contributed by atoms with Crippen molar-refractivity contribution in [3.63, 3.8) is 0 Å². The molecule has 0 aliphatic rings. The first-order valence-corrected chi connectivity index (χ1v) is 3.83. The normalized spacial score (nSPS) is 9.56. The summed E-state index contributed by atoms with van der Waals surface area (Å²) in [6, 6.07) is 2.44. The molecule has 0 N–H and O–H groups in total. The van der Waals surface area contributed by atoms with Crippen molar-refractivity contribution in [2.45, 2.75) is 0 Å². The number of aromatic carboxylic acids is 1. The Kier molecular flexibility index (Phi) is 4.68. The van der Waals surface area contributed by atoms with E-state index in [2.05, 4.69) is 15.2 Å². The summed E-state index contributed by atoms with van der Waals surface area (Å²) in [5, 5.41) is 16.9. The molecule has 0 fully saturated rings. The number of carbonyl (C=O) groups is 1. The van der Waals surface area contributed by atoms with Gasteiger partial charge in [-0.05, 0) is 12.1 Å². The van der Waals surface area contributed by atoms with Crippen LogP contribution in [0.3, 0.4) is 0 Å². The molecule has 76 valence electrons. The van der Waals surface area contributed by atoms with E-state index in [1.54, 1.807) is 0 Å². The molecule has 0 aliphatic carbocycles. The minimum Gasteiger partial charge on any atom is -0.540 e. The number of hydrogen-bond donors (Lipinski definition) is 0. The van der Waals surface area contributed by atoms with Crippen molar-refractivity contribution in [3.8, 4) is 11.6 Å². The molecule has 2 rings (SSSR count). The fourth-order valence-electron chi connectivity index (χ4n) is 0.912. The van der Waals surface area contributed by atoms with Crippen LogP contribution >= 0.6 is 0 Å². The summed E-state index contributed by atoms with van der Waals surface area (Å²) in [7, 11) is 0. The van der Waals surface area contributed by atoms with Crippen LogP contribution in [0.25, 0.3) is 11.6 Å². The van der Waals surface area contributed by atoms with Gasteiger partial charge in [-0.2, -0.15) is 0 Å². The number of aromatic nitrogens is 3. The Morgan fingerprint density at radius 3 is 2.62 bits per heavy atom. The Balaban J connectivity index is 0.00000128. The second-order valence-electron chi connectivity index (χ2n) is 2.56. The quantitative estimate of drug-likeness (QED) is 0.515. The predicted molar refractivity (Wildman–Crippen MR) is 41.8 cm³/mol. The van der Waals surface area contributed by atoms with Crippen LogP contribution in [0.4, 0.5) is 4.39 Å². The Morgan fingerprint density at radius 2 is 2.12 bits per heavy atom. The number of carbonyl (C=O) groups excluding carboxylic acids is 1. The third kappa shape index (κ3) is 2.92. The molecule has 0 unspecified atom stereocenters. The molecule has 2 aromatic heterocycles. The SMILES string of the molecule is O=C([O-])c1nnc(-c2ccc(F)cn2)o1.[K+]. The van der Waals surface area contributed by atoms with Gasteiger partial charge in [-0.3, -0.25) is 0 Å². The van der Waals surface area contributed by atoms with Crippen molar-refractivity contribution in [1.29, 1.82) is 0 Å². The molecule has 6 nitrogen and oxygen atoms in total. The van der Waals surface area contributed by atoms with E-state index in [4.69, 9.17) is 4.42 Å². The molecular weight excluding hydrogens is 244 g/mol. The van der Waals surface area contributed by atoms with Crippen LogP contribution in [0, 0.1) is 5.82 Å². The number of pyridine rings is 1. The molecule has 2 aromatic rings. The average molecular weight is 247 g/mol. The van der Waals surface area contributed by atoms with Gasteiger partial charge in [0.2, 0.25) is 0 Å². The third-order valence-electron chi connectivity index (χ3n) is 1.55. The molecule has 0 atom stereocenters. The molecule has 0 aromatic carbocycles. The van der Waals surface area contributed by atoms with E-state index in [0.29, 0.717) is 0 Å². The zero-order valence-corrected chi connectivity index (χ0v) is 11.3. The maximum atomic E-state index is 12.5. The Labute approximate surface area is 131 Å². The van der Waals surface area contributed by atoms with Crippen LogP contribution in [0.15, 0.2) is 22.7 Å². The second-order valence-corrected chi connectivity index (χ2v) is 2.56. The number of nitrogens with zero attached hydrogens (tertiary/aromatic N) is 3. The number of carboxylic acid groups (broad SMARTS) is 1. The molecule has 0 saturated carbocycles. The van der Waals surface area contributed by atoms with E-state index in [0.717, 1.165) is 12.3 Å². The van der Waals surface area contributed by atoms with Crippen LogP contribution in [0.1, 0.15) is 10.7 Å². The smallest absolute Gasteiger partial charge is 0.540 e. The zero-order valence-electron chi connectivity index (χ0n) is 8.18. The molecule has 0 radical (unpaired) electrons. The average Bonchev–Trinajstić information content (AvgIpc) is 2.68. The van der Waals surface area contributed by atoms with E-state index in [9.17, 15) is 14.3 Å². The zero-order chi connectivity index (χ0) is 10.8. The van der Waals surface area contributed by atoms with Gasteiger partial charge in [0.25, 0.3) is 11.8 Å². The fourth-order valence-corrected chi connectivity index (χ4v) is 0.912. The largest absolute Gasteiger partial charge is 1.00 e. The number of rotatable bonds is 2. The molecule has 0 bridgehead atoms. The van der Waals surface area contributed by atoms with Crippen molar-refractivity contribution >= 4 is 5.97 Å². The van der Waals surface area contributed by atoms with Gasteiger partial charge in [-0.15, -0.1) is 10.2 Å². The van der Waals surface area contributed by atoms with E-state index in [1.807, 2.05) is 0 Å². The second kappa shape index (κ2) is 5.59. The molecule has 0 amide bonds. The Morgan fingerprint density at radius 1 is 1.38 bits per heavy atom. The van der Waals surface area contributed by atoms with Crippen LogP contribution < -0.4 is 56.5 Å². The van der Waals surface area contributed by atoms with Crippen LogP contribution in [-0.4, -0.2) is 21.2 Å².